The maximum Gasteiger partial charge on any atom is 0.432 e. The molecule has 0 aromatic heterocycles. The van der Waals surface area contributed by atoms with Crippen molar-refractivity contribution in [2.75, 3.05) is 39.3 Å². The second-order valence-corrected chi connectivity index (χ2v) is 10.5. The first-order valence-electron chi connectivity index (χ1n) is 13.5. The molecule has 3 rings (SSSR count). The smallest absolute Gasteiger partial charge is 0.342 e. The van der Waals surface area contributed by atoms with Crippen LogP contribution in [-0.4, -0.2) is 90.6 Å². The van der Waals surface area contributed by atoms with E-state index in [9.17, 15) is 24.0 Å². The number of nitrogens with zero attached hydrogens (tertiary/aromatic N) is 3. The number of piperidine rings is 1. The molecule has 2 N–H and O–H groups in total. The van der Waals surface area contributed by atoms with Crippen molar-refractivity contribution in [2.24, 2.45) is 11.8 Å². The van der Waals surface area contributed by atoms with Gasteiger partial charge < -0.3 is 15.1 Å². The van der Waals surface area contributed by atoms with Gasteiger partial charge in [-0.15, -0.1) is 0 Å². The number of amides is 6. The number of urea groups is 2. The van der Waals surface area contributed by atoms with Gasteiger partial charge in [-0.3, -0.25) is 9.59 Å². The van der Waals surface area contributed by atoms with Crippen molar-refractivity contribution in [3.8, 4) is 0 Å². The Kier molecular flexibility index (Phi) is 10.7. The van der Waals surface area contributed by atoms with Gasteiger partial charge in [0.25, 0.3) is 0 Å². The van der Waals surface area contributed by atoms with Gasteiger partial charge in [0, 0.05) is 25.9 Å². The third-order valence-corrected chi connectivity index (χ3v) is 8.16. The molecular weight excluding hydrogens is 466 g/mol. The monoisotopic (exact) mass is 508 g/mol. The number of hydrogen-bond acceptors (Lipinski definition) is 7. The van der Waals surface area contributed by atoms with E-state index in [0.29, 0.717) is 44.7 Å². The third kappa shape index (κ3) is 7.03. The standard InChI is InChI=1S/C25H41N5O6/c1-20-8-7-15-30(20,25(35)27-24(34)26-11-14-28-12-5-2-6-13-28)23(33)22(16-21-9-3-4-10-21)17-29(18-31)36-19-32/h18-22H,2-17H2,1H3,(H-,26,27,34,35)/p+1/t20-,22-,30?/m1/s1. The van der Waals surface area contributed by atoms with E-state index in [1.54, 1.807) is 0 Å². The Balaban J connectivity index is 1.69. The summed E-state index contributed by atoms with van der Waals surface area (Å²) in [5.41, 5.74) is 0. The second-order valence-electron chi connectivity index (χ2n) is 10.5. The molecule has 11 nitrogen and oxygen atoms in total. The third-order valence-electron chi connectivity index (χ3n) is 8.16. The molecule has 1 unspecified atom stereocenters. The van der Waals surface area contributed by atoms with E-state index in [1.165, 1.54) is 6.42 Å². The molecule has 0 bridgehead atoms. The molecule has 2 saturated heterocycles. The van der Waals surface area contributed by atoms with Crippen LogP contribution in [0.25, 0.3) is 0 Å². The van der Waals surface area contributed by atoms with E-state index in [1.807, 2.05) is 6.92 Å². The molecule has 0 spiro atoms. The lowest BCUT2D eigenvalue weighted by molar-refractivity contribution is -0.786. The Hall–Kier alpha value is -2.53. The summed E-state index contributed by atoms with van der Waals surface area (Å²) in [6.07, 6.45) is 9.93. The highest BCUT2D eigenvalue weighted by Gasteiger charge is 2.55. The first-order valence-corrected chi connectivity index (χ1v) is 13.5. The minimum Gasteiger partial charge on any atom is -0.342 e. The van der Waals surface area contributed by atoms with E-state index in [-0.39, 0.29) is 25.0 Å². The van der Waals surface area contributed by atoms with Crippen LogP contribution in [-0.2, 0) is 19.2 Å². The van der Waals surface area contributed by atoms with E-state index < -0.39 is 22.5 Å². The summed E-state index contributed by atoms with van der Waals surface area (Å²) >= 11 is 0. The highest BCUT2D eigenvalue weighted by molar-refractivity contribution is 5.95. The van der Waals surface area contributed by atoms with E-state index in [0.717, 1.165) is 63.2 Å². The van der Waals surface area contributed by atoms with Gasteiger partial charge in [0.2, 0.25) is 6.41 Å². The fraction of sp³-hybridized carbons (Fsp3) is 0.800. The quantitative estimate of drug-likeness (QED) is 0.249. The van der Waals surface area contributed by atoms with Gasteiger partial charge in [-0.2, -0.15) is 9.55 Å². The fourth-order valence-corrected chi connectivity index (χ4v) is 6.17. The maximum atomic E-state index is 14.1. The Morgan fingerprint density at radius 1 is 1.06 bits per heavy atom. The molecule has 2 aliphatic heterocycles. The van der Waals surface area contributed by atoms with Gasteiger partial charge in [-0.25, -0.2) is 19.7 Å². The van der Waals surface area contributed by atoms with Crippen LogP contribution in [0.2, 0.25) is 0 Å². The highest BCUT2D eigenvalue weighted by atomic mass is 16.7. The van der Waals surface area contributed by atoms with Crippen LogP contribution < -0.4 is 10.6 Å². The number of hydrogen-bond donors (Lipinski definition) is 2. The molecule has 3 fully saturated rings. The van der Waals surface area contributed by atoms with Gasteiger partial charge in [0.05, 0.1) is 19.0 Å². The zero-order valence-corrected chi connectivity index (χ0v) is 21.5. The summed E-state index contributed by atoms with van der Waals surface area (Å²) in [4.78, 5) is 69.5. The summed E-state index contributed by atoms with van der Waals surface area (Å²) in [7, 11) is 0. The zero-order chi connectivity index (χ0) is 26.0. The minimum absolute atomic E-state index is 0.112. The number of rotatable bonds is 11. The van der Waals surface area contributed by atoms with E-state index >= 15 is 0 Å². The Bertz CT molecular complexity index is 783. The molecule has 202 valence electrons. The van der Waals surface area contributed by atoms with E-state index in [4.69, 9.17) is 4.84 Å². The molecule has 1 saturated carbocycles. The number of carbonyl (C=O) groups excluding carboxylic acids is 5. The van der Waals surface area contributed by atoms with Crippen LogP contribution >= 0.6 is 0 Å². The average molecular weight is 509 g/mol. The van der Waals surface area contributed by atoms with Crippen LogP contribution in [0.3, 0.4) is 0 Å². The zero-order valence-electron chi connectivity index (χ0n) is 21.5. The van der Waals surface area contributed by atoms with Crippen LogP contribution in [0.15, 0.2) is 0 Å². The molecule has 6 amide bonds. The lowest BCUT2D eigenvalue weighted by Gasteiger charge is -2.36. The number of likely N-dealkylation sites (tertiary alicyclic amines) is 2. The lowest BCUT2D eigenvalue weighted by Crippen LogP contribution is -2.66. The van der Waals surface area contributed by atoms with Crippen molar-refractivity contribution >= 4 is 30.9 Å². The van der Waals surface area contributed by atoms with E-state index in [2.05, 4.69) is 15.5 Å². The molecule has 2 heterocycles. The summed E-state index contributed by atoms with van der Waals surface area (Å²) in [6, 6.07) is -1.54. The molecule has 11 heteroatoms. The first kappa shape index (κ1) is 28.0. The molecule has 3 atom stereocenters. The number of quaternary nitrogens is 1. The number of imide groups is 2. The molecular formula is C25H42N5O6+. The lowest BCUT2D eigenvalue weighted by atomic mass is 9.91. The topological polar surface area (TPSA) is 125 Å². The molecule has 0 aromatic rings. The summed E-state index contributed by atoms with van der Waals surface area (Å²) in [6.45, 7) is 5.36. The molecule has 36 heavy (non-hydrogen) atoms. The second kappa shape index (κ2) is 13.7. The van der Waals surface area contributed by atoms with Crippen LogP contribution in [0, 0.1) is 11.8 Å². The fourth-order valence-electron chi connectivity index (χ4n) is 6.17. The normalized spacial score (nSPS) is 25.6. The SMILES string of the molecule is C[C@@H]1CCC[N+]1(C(=O)NC(=O)NCCN1CCCCC1)C(=O)[C@H](CC1CCCC1)CN(C=O)OC=O. The van der Waals surface area contributed by atoms with Crippen molar-refractivity contribution in [3.63, 3.8) is 0 Å². The van der Waals surface area contributed by atoms with Gasteiger partial charge in [-0.05, 0) is 45.2 Å². The van der Waals surface area contributed by atoms with Crippen molar-refractivity contribution < 1.29 is 33.3 Å². The largest absolute Gasteiger partial charge is 0.432 e. The Morgan fingerprint density at radius 2 is 1.78 bits per heavy atom. The summed E-state index contributed by atoms with van der Waals surface area (Å²) in [5, 5.41) is 5.99. The Morgan fingerprint density at radius 3 is 2.39 bits per heavy atom. The van der Waals surface area contributed by atoms with Crippen molar-refractivity contribution in [1.82, 2.24) is 20.6 Å². The summed E-state index contributed by atoms with van der Waals surface area (Å²) in [5.74, 6) is -0.707. The maximum absolute atomic E-state index is 14.1. The number of hydroxylamine groups is 2. The predicted octanol–water partition coefficient (Wildman–Crippen LogP) is 2.16. The highest BCUT2D eigenvalue weighted by Crippen LogP contribution is 2.35. The van der Waals surface area contributed by atoms with Crippen LogP contribution in [0.4, 0.5) is 9.59 Å². The molecule has 1 aliphatic carbocycles. The van der Waals surface area contributed by atoms with Gasteiger partial charge >= 0.3 is 24.4 Å². The van der Waals surface area contributed by atoms with Gasteiger partial charge in [-0.1, -0.05) is 32.1 Å². The molecule has 3 aliphatic rings. The van der Waals surface area contributed by atoms with Crippen LogP contribution in [0.5, 0.6) is 0 Å². The van der Waals surface area contributed by atoms with Crippen molar-refractivity contribution in [3.05, 3.63) is 0 Å². The first-order chi connectivity index (χ1) is 17.4. The Labute approximate surface area is 213 Å². The molecule has 0 aromatic carbocycles. The van der Waals surface area contributed by atoms with Gasteiger partial charge in [0.15, 0.2) is 0 Å². The number of nitrogens with one attached hydrogen (secondary N) is 2. The minimum atomic E-state index is -0.688. The predicted molar refractivity (Wildman–Crippen MR) is 131 cm³/mol. The molecule has 0 radical (unpaired) electrons. The summed E-state index contributed by atoms with van der Waals surface area (Å²) < 4.78 is -0.481. The average Bonchev–Trinajstić information content (AvgIpc) is 3.53. The van der Waals surface area contributed by atoms with Crippen molar-refractivity contribution in [2.45, 2.75) is 77.2 Å². The van der Waals surface area contributed by atoms with Crippen LogP contribution in [0.1, 0.15) is 71.1 Å². The number of carbonyl (C=O) groups is 5. The van der Waals surface area contributed by atoms with Gasteiger partial charge in [0.1, 0.15) is 6.04 Å². The van der Waals surface area contributed by atoms with Crippen molar-refractivity contribution in [1.29, 1.82) is 0 Å².